The van der Waals surface area contributed by atoms with Gasteiger partial charge in [-0.3, -0.25) is 14.6 Å². The SMILES string of the molecule is O=C(CN1CCN(CO)CC1)N1CCCC1. The highest BCUT2D eigenvalue weighted by molar-refractivity contribution is 5.78. The number of piperazine rings is 1. The Morgan fingerprint density at radius 1 is 0.938 bits per heavy atom. The monoisotopic (exact) mass is 227 g/mol. The lowest BCUT2D eigenvalue weighted by atomic mass is 10.3. The number of aliphatic hydroxyl groups excluding tert-OH is 1. The predicted molar refractivity (Wildman–Crippen MR) is 60.9 cm³/mol. The van der Waals surface area contributed by atoms with Crippen LogP contribution in [0.3, 0.4) is 0 Å². The summed E-state index contributed by atoms with van der Waals surface area (Å²) in [4.78, 5) is 18.0. The van der Waals surface area contributed by atoms with E-state index in [-0.39, 0.29) is 12.6 Å². The van der Waals surface area contributed by atoms with E-state index in [0.29, 0.717) is 6.54 Å². The molecule has 0 radical (unpaired) electrons. The van der Waals surface area contributed by atoms with Crippen LogP contribution in [0.25, 0.3) is 0 Å². The molecule has 5 heteroatoms. The van der Waals surface area contributed by atoms with Crippen LogP contribution in [0, 0.1) is 0 Å². The molecule has 2 saturated heterocycles. The van der Waals surface area contributed by atoms with Gasteiger partial charge in [0.05, 0.1) is 13.3 Å². The molecule has 2 aliphatic heterocycles. The largest absolute Gasteiger partial charge is 0.381 e. The maximum absolute atomic E-state index is 11.9. The molecule has 0 atom stereocenters. The first-order valence-corrected chi connectivity index (χ1v) is 6.13. The molecular formula is C11H21N3O2. The molecule has 1 amide bonds. The highest BCUT2D eigenvalue weighted by Crippen LogP contribution is 2.09. The fourth-order valence-corrected chi connectivity index (χ4v) is 2.35. The molecule has 5 nitrogen and oxygen atoms in total. The number of hydrogen-bond acceptors (Lipinski definition) is 4. The van der Waals surface area contributed by atoms with Crippen molar-refractivity contribution in [1.82, 2.24) is 14.7 Å². The Kier molecular flexibility index (Phi) is 4.15. The highest BCUT2D eigenvalue weighted by Gasteiger charge is 2.22. The van der Waals surface area contributed by atoms with E-state index in [4.69, 9.17) is 5.11 Å². The minimum absolute atomic E-state index is 0.133. The lowest BCUT2D eigenvalue weighted by Gasteiger charge is -2.33. The average Bonchev–Trinajstić information content (AvgIpc) is 2.83. The van der Waals surface area contributed by atoms with Crippen LogP contribution in [-0.4, -0.2) is 78.3 Å². The average molecular weight is 227 g/mol. The van der Waals surface area contributed by atoms with Gasteiger partial charge in [0.1, 0.15) is 0 Å². The zero-order valence-electron chi connectivity index (χ0n) is 9.77. The lowest BCUT2D eigenvalue weighted by Crippen LogP contribution is -2.49. The number of rotatable bonds is 3. The molecule has 0 aromatic rings. The number of likely N-dealkylation sites (tertiary alicyclic amines) is 1. The van der Waals surface area contributed by atoms with E-state index in [1.807, 2.05) is 9.80 Å². The molecule has 0 aromatic heterocycles. The van der Waals surface area contributed by atoms with Crippen LogP contribution in [-0.2, 0) is 4.79 Å². The number of nitrogens with zero attached hydrogens (tertiary/aromatic N) is 3. The molecular weight excluding hydrogens is 206 g/mol. The number of amides is 1. The second kappa shape index (κ2) is 5.61. The van der Waals surface area contributed by atoms with Gasteiger partial charge in [0, 0.05) is 39.3 Å². The molecule has 2 aliphatic rings. The minimum Gasteiger partial charge on any atom is -0.381 e. The summed E-state index contributed by atoms with van der Waals surface area (Å²) in [6.45, 7) is 6.08. The van der Waals surface area contributed by atoms with Gasteiger partial charge in [0.2, 0.25) is 5.91 Å². The molecule has 2 heterocycles. The van der Waals surface area contributed by atoms with E-state index in [0.717, 1.165) is 52.1 Å². The second-order valence-corrected chi connectivity index (χ2v) is 4.62. The molecule has 2 rings (SSSR count). The Morgan fingerprint density at radius 3 is 2.06 bits per heavy atom. The van der Waals surface area contributed by atoms with Crippen molar-refractivity contribution in [2.45, 2.75) is 12.8 Å². The predicted octanol–water partition coefficient (Wildman–Crippen LogP) is -0.824. The Balaban J connectivity index is 1.71. The summed E-state index contributed by atoms with van der Waals surface area (Å²) in [5, 5.41) is 8.96. The third-order valence-electron chi connectivity index (χ3n) is 3.48. The van der Waals surface area contributed by atoms with Crippen LogP contribution < -0.4 is 0 Å². The maximum atomic E-state index is 11.9. The molecule has 0 unspecified atom stereocenters. The van der Waals surface area contributed by atoms with Gasteiger partial charge in [0.15, 0.2) is 0 Å². The van der Waals surface area contributed by atoms with Crippen LogP contribution >= 0.6 is 0 Å². The van der Waals surface area contributed by atoms with Gasteiger partial charge in [-0.05, 0) is 12.8 Å². The number of aliphatic hydroxyl groups is 1. The van der Waals surface area contributed by atoms with E-state index in [2.05, 4.69) is 4.90 Å². The second-order valence-electron chi connectivity index (χ2n) is 4.62. The van der Waals surface area contributed by atoms with Crippen LogP contribution in [0.15, 0.2) is 0 Å². The van der Waals surface area contributed by atoms with Crippen molar-refractivity contribution >= 4 is 5.91 Å². The van der Waals surface area contributed by atoms with Crippen molar-refractivity contribution in [2.75, 3.05) is 52.5 Å². The fraction of sp³-hybridized carbons (Fsp3) is 0.909. The van der Waals surface area contributed by atoms with E-state index < -0.39 is 0 Å². The molecule has 16 heavy (non-hydrogen) atoms. The van der Waals surface area contributed by atoms with E-state index in [9.17, 15) is 4.79 Å². The van der Waals surface area contributed by atoms with E-state index >= 15 is 0 Å². The van der Waals surface area contributed by atoms with Gasteiger partial charge >= 0.3 is 0 Å². The van der Waals surface area contributed by atoms with Gasteiger partial charge < -0.3 is 10.0 Å². The molecule has 1 N–H and O–H groups in total. The number of carbonyl (C=O) groups excluding carboxylic acids is 1. The first-order valence-electron chi connectivity index (χ1n) is 6.13. The summed E-state index contributed by atoms with van der Waals surface area (Å²) in [5.74, 6) is 0.273. The fourth-order valence-electron chi connectivity index (χ4n) is 2.35. The first-order chi connectivity index (χ1) is 7.79. The van der Waals surface area contributed by atoms with Crippen LogP contribution in [0.4, 0.5) is 0 Å². The van der Waals surface area contributed by atoms with Crippen molar-refractivity contribution in [3.05, 3.63) is 0 Å². The minimum atomic E-state index is 0.133. The maximum Gasteiger partial charge on any atom is 0.236 e. The van der Waals surface area contributed by atoms with Gasteiger partial charge in [-0.1, -0.05) is 0 Å². The normalized spacial score (nSPS) is 23.9. The van der Waals surface area contributed by atoms with Gasteiger partial charge in [-0.15, -0.1) is 0 Å². The summed E-state index contributed by atoms with van der Waals surface area (Å²) < 4.78 is 0. The first kappa shape index (κ1) is 11.8. The molecule has 0 saturated carbocycles. The molecule has 0 spiro atoms. The van der Waals surface area contributed by atoms with E-state index in [1.165, 1.54) is 0 Å². The van der Waals surface area contributed by atoms with Crippen LogP contribution in [0.5, 0.6) is 0 Å². The van der Waals surface area contributed by atoms with Crippen molar-refractivity contribution in [3.63, 3.8) is 0 Å². The molecule has 92 valence electrons. The summed E-state index contributed by atoms with van der Waals surface area (Å²) in [7, 11) is 0. The van der Waals surface area contributed by atoms with Gasteiger partial charge in [-0.25, -0.2) is 0 Å². The Labute approximate surface area is 96.6 Å². The zero-order chi connectivity index (χ0) is 11.4. The molecule has 0 aromatic carbocycles. The number of hydrogen-bond donors (Lipinski definition) is 1. The number of carbonyl (C=O) groups is 1. The Hall–Kier alpha value is -0.650. The van der Waals surface area contributed by atoms with Crippen molar-refractivity contribution in [3.8, 4) is 0 Å². The van der Waals surface area contributed by atoms with Crippen molar-refractivity contribution in [2.24, 2.45) is 0 Å². The molecule has 2 fully saturated rings. The summed E-state index contributed by atoms with van der Waals surface area (Å²) in [6, 6.07) is 0. The van der Waals surface area contributed by atoms with E-state index in [1.54, 1.807) is 0 Å². The zero-order valence-corrected chi connectivity index (χ0v) is 9.77. The Bertz CT molecular complexity index is 233. The smallest absolute Gasteiger partial charge is 0.236 e. The standard InChI is InChI=1S/C11H21N3O2/c15-10-13-7-5-12(6-8-13)9-11(16)14-3-1-2-4-14/h15H,1-10H2. The van der Waals surface area contributed by atoms with Gasteiger partial charge in [-0.2, -0.15) is 0 Å². The Morgan fingerprint density at radius 2 is 1.50 bits per heavy atom. The van der Waals surface area contributed by atoms with Crippen molar-refractivity contribution < 1.29 is 9.90 Å². The third-order valence-corrected chi connectivity index (χ3v) is 3.48. The summed E-state index contributed by atoms with van der Waals surface area (Å²) >= 11 is 0. The topological polar surface area (TPSA) is 47.0 Å². The third kappa shape index (κ3) is 2.93. The summed E-state index contributed by atoms with van der Waals surface area (Å²) in [6.07, 6.45) is 2.31. The van der Waals surface area contributed by atoms with Gasteiger partial charge in [0.25, 0.3) is 0 Å². The quantitative estimate of drug-likeness (QED) is 0.684. The van der Waals surface area contributed by atoms with Crippen molar-refractivity contribution in [1.29, 1.82) is 0 Å². The molecule has 0 bridgehead atoms. The lowest BCUT2D eigenvalue weighted by molar-refractivity contribution is -0.131. The van der Waals surface area contributed by atoms with Crippen LogP contribution in [0.1, 0.15) is 12.8 Å². The summed E-state index contributed by atoms with van der Waals surface area (Å²) in [5.41, 5.74) is 0. The van der Waals surface area contributed by atoms with Crippen LogP contribution in [0.2, 0.25) is 0 Å². The molecule has 0 aliphatic carbocycles. The highest BCUT2D eigenvalue weighted by atomic mass is 16.3.